The molecule has 1 aliphatic rings. The summed E-state index contributed by atoms with van der Waals surface area (Å²) in [5, 5.41) is 2.84. The number of carbonyl (C=O) groups is 1. The van der Waals surface area contributed by atoms with Crippen molar-refractivity contribution in [1.29, 1.82) is 0 Å². The fourth-order valence-electron chi connectivity index (χ4n) is 3.89. The number of nitrogens with zero attached hydrogens (tertiary/aromatic N) is 2. The minimum absolute atomic E-state index is 0.160. The number of carbonyl (C=O) groups excluding carboxylic acids is 1. The van der Waals surface area contributed by atoms with Gasteiger partial charge in [0, 0.05) is 25.3 Å². The Hall–Kier alpha value is -3.04. The van der Waals surface area contributed by atoms with Gasteiger partial charge in [0.25, 0.3) is 0 Å². The highest BCUT2D eigenvalue weighted by Crippen LogP contribution is 2.21. The molecule has 0 bridgehead atoms. The van der Waals surface area contributed by atoms with Crippen LogP contribution in [0.4, 0.5) is 5.69 Å². The number of morpholine rings is 1. The summed E-state index contributed by atoms with van der Waals surface area (Å²) in [6, 6.07) is 24.8. The normalized spacial score (nSPS) is 14.8. The second-order valence-electron chi connectivity index (χ2n) is 8.32. The van der Waals surface area contributed by atoms with Crippen LogP contribution in [0.1, 0.15) is 5.56 Å². The van der Waals surface area contributed by atoms with Crippen molar-refractivity contribution in [2.45, 2.75) is 11.4 Å². The molecule has 0 radical (unpaired) electrons. The molecule has 0 aromatic heterocycles. The number of rotatable bonds is 8. The molecule has 7 nitrogen and oxygen atoms in total. The molecule has 4 rings (SSSR count). The molecule has 34 heavy (non-hydrogen) atoms. The van der Waals surface area contributed by atoms with Gasteiger partial charge in [-0.15, -0.1) is 0 Å². The topological polar surface area (TPSA) is 79.0 Å². The van der Waals surface area contributed by atoms with Gasteiger partial charge in [0.1, 0.15) is 0 Å². The average Bonchev–Trinajstić information content (AvgIpc) is 2.86. The third kappa shape index (κ3) is 6.09. The monoisotopic (exact) mass is 479 g/mol. The van der Waals surface area contributed by atoms with Crippen molar-refractivity contribution < 1.29 is 17.9 Å². The number of likely N-dealkylation sites (N-methyl/N-ethyl adjacent to an activating group) is 1. The van der Waals surface area contributed by atoms with E-state index in [1.54, 1.807) is 12.1 Å². The quantitative estimate of drug-likeness (QED) is 0.536. The smallest absolute Gasteiger partial charge is 0.243 e. The van der Waals surface area contributed by atoms with E-state index in [9.17, 15) is 13.2 Å². The van der Waals surface area contributed by atoms with Gasteiger partial charge in [-0.2, -0.15) is 4.31 Å². The minimum Gasteiger partial charge on any atom is -0.379 e. The average molecular weight is 480 g/mol. The summed E-state index contributed by atoms with van der Waals surface area (Å²) in [5.41, 5.74) is 4.01. The molecule has 0 unspecified atom stereocenters. The minimum atomic E-state index is -3.55. The fraction of sp³-hybridized carbons (Fsp3) is 0.269. The van der Waals surface area contributed by atoms with Crippen LogP contribution in [-0.4, -0.2) is 63.4 Å². The third-order valence-electron chi connectivity index (χ3n) is 5.67. The first-order chi connectivity index (χ1) is 16.4. The van der Waals surface area contributed by atoms with Crippen molar-refractivity contribution in [1.82, 2.24) is 9.21 Å². The summed E-state index contributed by atoms with van der Waals surface area (Å²) in [6.45, 7) is 2.36. The summed E-state index contributed by atoms with van der Waals surface area (Å²) in [6.07, 6.45) is 0. The SMILES string of the molecule is CN(CC(=O)Nc1ccc(S(=O)(=O)N2CCOCC2)cc1)Cc1ccc(-c2ccccc2)cc1. The van der Waals surface area contributed by atoms with Gasteiger partial charge in [0.05, 0.1) is 24.7 Å². The van der Waals surface area contributed by atoms with Crippen molar-refractivity contribution in [3.63, 3.8) is 0 Å². The molecule has 1 fully saturated rings. The van der Waals surface area contributed by atoms with Crippen LogP contribution in [-0.2, 0) is 26.1 Å². The van der Waals surface area contributed by atoms with Crippen LogP contribution in [0.25, 0.3) is 11.1 Å². The van der Waals surface area contributed by atoms with E-state index in [1.165, 1.54) is 22.0 Å². The van der Waals surface area contributed by atoms with E-state index in [2.05, 4.69) is 41.7 Å². The van der Waals surface area contributed by atoms with E-state index >= 15 is 0 Å². The van der Waals surface area contributed by atoms with E-state index in [1.807, 2.05) is 30.1 Å². The van der Waals surface area contributed by atoms with Gasteiger partial charge in [-0.1, -0.05) is 54.6 Å². The van der Waals surface area contributed by atoms with Crippen LogP contribution >= 0.6 is 0 Å². The van der Waals surface area contributed by atoms with Gasteiger partial charge in [-0.3, -0.25) is 9.69 Å². The number of sulfonamides is 1. The standard InChI is InChI=1S/C26H29N3O4S/c1-28(19-21-7-9-23(10-8-21)22-5-3-2-4-6-22)20-26(30)27-24-11-13-25(14-12-24)34(31,32)29-15-17-33-18-16-29/h2-14H,15-20H2,1H3,(H,27,30). The fourth-order valence-corrected chi connectivity index (χ4v) is 5.30. The summed E-state index contributed by atoms with van der Waals surface area (Å²) in [7, 11) is -1.66. The molecule has 0 atom stereocenters. The lowest BCUT2D eigenvalue weighted by molar-refractivity contribution is -0.117. The Kier molecular flexibility index (Phi) is 7.74. The predicted octanol–water partition coefficient (Wildman–Crippen LogP) is 3.45. The molecule has 0 spiro atoms. The van der Waals surface area contributed by atoms with Gasteiger partial charge < -0.3 is 10.1 Å². The van der Waals surface area contributed by atoms with Gasteiger partial charge in [-0.25, -0.2) is 8.42 Å². The van der Waals surface area contributed by atoms with Crippen LogP contribution in [0.3, 0.4) is 0 Å². The zero-order chi connectivity index (χ0) is 24.0. The van der Waals surface area contributed by atoms with Crippen LogP contribution in [0, 0.1) is 0 Å². The number of hydrogen-bond acceptors (Lipinski definition) is 5. The number of benzene rings is 3. The zero-order valence-corrected chi connectivity index (χ0v) is 20.0. The van der Waals surface area contributed by atoms with Gasteiger partial charge >= 0.3 is 0 Å². The Bertz CT molecular complexity index is 1190. The second kappa shape index (κ2) is 10.9. The first-order valence-electron chi connectivity index (χ1n) is 11.2. The largest absolute Gasteiger partial charge is 0.379 e. The molecule has 3 aromatic rings. The van der Waals surface area contributed by atoms with Crippen LogP contribution in [0.5, 0.6) is 0 Å². The number of ether oxygens (including phenoxy) is 1. The summed E-state index contributed by atoms with van der Waals surface area (Å²) in [5.74, 6) is -0.160. The molecule has 178 valence electrons. The summed E-state index contributed by atoms with van der Waals surface area (Å²) in [4.78, 5) is 14.6. The lowest BCUT2D eigenvalue weighted by atomic mass is 10.0. The Morgan fingerprint density at radius 1 is 0.912 bits per heavy atom. The molecular weight excluding hydrogens is 450 g/mol. The maximum absolute atomic E-state index is 12.7. The molecule has 3 aromatic carbocycles. The van der Waals surface area contributed by atoms with Crippen LogP contribution < -0.4 is 5.32 Å². The van der Waals surface area contributed by atoms with Crippen molar-refractivity contribution in [2.24, 2.45) is 0 Å². The Morgan fingerprint density at radius 2 is 1.53 bits per heavy atom. The molecule has 1 N–H and O–H groups in total. The van der Waals surface area contributed by atoms with E-state index in [-0.39, 0.29) is 17.3 Å². The second-order valence-corrected chi connectivity index (χ2v) is 10.3. The lowest BCUT2D eigenvalue weighted by Crippen LogP contribution is -2.40. The molecular formula is C26H29N3O4S. The highest BCUT2D eigenvalue weighted by Gasteiger charge is 2.26. The third-order valence-corrected chi connectivity index (χ3v) is 7.59. The molecule has 8 heteroatoms. The highest BCUT2D eigenvalue weighted by molar-refractivity contribution is 7.89. The van der Waals surface area contributed by atoms with Crippen molar-refractivity contribution >= 4 is 21.6 Å². The van der Waals surface area contributed by atoms with Crippen molar-refractivity contribution in [2.75, 3.05) is 45.2 Å². The van der Waals surface area contributed by atoms with Gasteiger partial charge in [0.15, 0.2) is 0 Å². The van der Waals surface area contributed by atoms with E-state index in [0.29, 0.717) is 38.5 Å². The van der Waals surface area contributed by atoms with Gasteiger partial charge in [-0.05, 0) is 48.0 Å². The maximum Gasteiger partial charge on any atom is 0.243 e. The first kappa shape index (κ1) is 24.1. The zero-order valence-electron chi connectivity index (χ0n) is 19.2. The molecule has 0 aliphatic carbocycles. The van der Waals surface area contributed by atoms with Crippen LogP contribution in [0.2, 0.25) is 0 Å². The van der Waals surface area contributed by atoms with E-state index < -0.39 is 10.0 Å². The van der Waals surface area contributed by atoms with E-state index in [0.717, 1.165) is 11.1 Å². The molecule has 0 saturated carbocycles. The molecule has 1 aliphatic heterocycles. The molecule has 1 amide bonds. The van der Waals surface area contributed by atoms with Gasteiger partial charge in [0.2, 0.25) is 15.9 Å². The summed E-state index contributed by atoms with van der Waals surface area (Å²) < 4.78 is 32.1. The van der Waals surface area contributed by atoms with E-state index in [4.69, 9.17) is 4.74 Å². The molecule has 1 saturated heterocycles. The highest BCUT2D eigenvalue weighted by atomic mass is 32.2. The number of amides is 1. The summed E-state index contributed by atoms with van der Waals surface area (Å²) >= 11 is 0. The Labute approximate surface area is 201 Å². The predicted molar refractivity (Wildman–Crippen MR) is 133 cm³/mol. The first-order valence-corrected chi connectivity index (χ1v) is 12.7. The lowest BCUT2D eigenvalue weighted by Gasteiger charge is -2.26. The Balaban J connectivity index is 1.29. The van der Waals surface area contributed by atoms with Crippen molar-refractivity contribution in [3.8, 4) is 11.1 Å². The van der Waals surface area contributed by atoms with Crippen molar-refractivity contribution in [3.05, 3.63) is 84.4 Å². The number of nitrogens with one attached hydrogen (secondary N) is 1. The molecule has 1 heterocycles. The maximum atomic E-state index is 12.7. The Morgan fingerprint density at radius 3 is 2.18 bits per heavy atom. The number of anilines is 1. The van der Waals surface area contributed by atoms with Crippen LogP contribution in [0.15, 0.2) is 83.8 Å². The number of hydrogen-bond donors (Lipinski definition) is 1.